The van der Waals surface area contributed by atoms with Gasteiger partial charge in [0.2, 0.25) is 0 Å². The van der Waals surface area contributed by atoms with E-state index in [2.05, 4.69) is 4.99 Å². The lowest BCUT2D eigenvalue weighted by Crippen LogP contribution is -1.63. The number of aliphatic imine (C=N–C) groups is 1. The van der Waals surface area contributed by atoms with Crippen LogP contribution in [0.3, 0.4) is 0 Å². The van der Waals surface area contributed by atoms with Crippen molar-refractivity contribution >= 4 is 6.21 Å². The molecule has 0 radical (unpaired) electrons. The van der Waals surface area contributed by atoms with Crippen LogP contribution in [0, 0.1) is 0 Å². The van der Waals surface area contributed by atoms with E-state index in [1.807, 2.05) is 42.5 Å². The van der Waals surface area contributed by atoms with Crippen molar-refractivity contribution in [3.05, 3.63) is 73.4 Å². The molecule has 0 aromatic heterocycles. The standard InChI is InChI=1S/C13H13NO/c1-2-4-6-10-14-11-7-9-13-15-12-8-5-3-1/h1-13H/b2-1-,5-3-,6-4-,11-7-,12-8-,13-9-,14-10+. The van der Waals surface area contributed by atoms with Crippen LogP contribution in [0.15, 0.2) is 78.4 Å². The Morgan fingerprint density at radius 3 is 2.00 bits per heavy atom. The average molecular weight is 199 g/mol. The molecule has 0 amide bonds. The van der Waals surface area contributed by atoms with Gasteiger partial charge in [0.1, 0.15) is 0 Å². The van der Waals surface area contributed by atoms with E-state index in [9.17, 15) is 0 Å². The predicted molar refractivity (Wildman–Crippen MR) is 64.4 cm³/mol. The number of hydrogen-bond donors (Lipinski definition) is 0. The third-order valence-electron chi connectivity index (χ3n) is 1.44. The van der Waals surface area contributed by atoms with Gasteiger partial charge in [0, 0.05) is 12.4 Å². The molecular weight excluding hydrogens is 186 g/mol. The smallest absolute Gasteiger partial charge is 0.0901 e. The lowest BCUT2D eigenvalue weighted by atomic mass is 10.4. The average Bonchev–Trinajstić information content (AvgIpc) is 2.27. The Bertz CT molecular complexity index is 321. The van der Waals surface area contributed by atoms with Crippen molar-refractivity contribution in [3.63, 3.8) is 0 Å². The molecule has 0 aromatic rings. The summed E-state index contributed by atoms with van der Waals surface area (Å²) < 4.78 is 5.05. The van der Waals surface area contributed by atoms with Gasteiger partial charge in [-0.15, -0.1) is 0 Å². The van der Waals surface area contributed by atoms with Gasteiger partial charge in [0.25, 0.3) is 0 Å². The summed E-state index contributed by atoms with van der Waals surface area (Å²) in [5.41, 5.74) is 0. The van der Waals surface area contributed by atoms with Crippen molar-refractivity contribution in [1.29, 1.82) is 0 Å². The molecule has 15 heavy (non-hydrogen) atoms. The molecule has 1 aliphatic rings. The fourth-order valence-electron chi connectivity index (χ4n) is 0.796. The summed E-state index contributed by atoms with van der Waals surface area (Å²) in [6.07, 6.45) is 23.4. The Morgan fingerprint density at radius 1 is 0.600 bits per heavy atom. The molecule has 0 saturated heterocycles. The molecular formula is C13H13NO. The number of nitrogens with zero attached hydrogens (tertiary/aromatic N) is 1. The molecule has 0 aromatic carbocycles. The highest BCUT2D eigenvalue weighted by Crippen LogP contribution is 1.86. The number of allylic oxidation sites excluding steroid dienone is 9. The third-order valence-corrected chi connectivity index (χ3v) is 1.44. The zero-order chi connectivity index (χ0) is 10.6. The highest BCUT2D eigenvalue weighted by atomic mass is 16.5. The van der Waals surface area contributed by atoms with Gasteiger partial charge in [-0.1, -0.05) is 30.4 Å². The van der Waals surface area contributed by atoms with E-state index in [-0.39, 0.29) is 0 Å². The molecule has 2 heteroatoms. The number of rotatable bonds is 0. The molecule has 0 atom stereocenters. The van der Waals surface area contributed by atoms with Gasteiger partial charge < -0.3 is 4.74 Å². The lowest BCUT2D eigenvalue weighted by Gasteiger charge is -1.84. The van der Waals surface area contributed by atoms with Gasteiger partial charge in [-0.3, -0.25) is 4.99 Å². The molecule has 2 nitrogen and oxygen atoms in total. The second kappa shape index (κ2) is 8.51. The highest BCUT2D eigenvalue weighted by molar-refractivity contribution is 5.72. The van der Waals surface area contributed by atoms with Crippen LogP contribution < -0.4 is 0 Å². The molecule has 0 aliphatic carbocycles. The molecule has 0 unspecified atom stereocenters. The van der Waals surface area contributed by atoms with Crippen molar-refractivity contribution < 1.29 is 4.74 Å². The molecule has 1 rings (SSSR count). The summed E-state index contributed by atoms with van der Waals surface area (Å²) in [6, 6.07) is 0. The Hall–Kier alpha value is -2.09. The van der Waals surface area contributed by atoms with E-state index in [4.69, 9.17) is 4.74 Å². The van der Waals surface area contributed by atoms with Crippen LogP contribution in [0.25, 0.3) is 0 Å². The van der Waals surface area contributed by atoms with Crippen molar-refractivity contribution in [2.24, 2.45) is 4.99 Å². The van der Waals surface area contributed by atoms with Gasteiger partial charge in [-0.05, 0) is 24.3 Å². The molecule has 1 aliphatic heterocycles. The Morgan fingerprint density at radius 2 is 1.20 bits per heavy atom. The normalized spacial score (nSPS) is 30.9. The Kier molecular flexibility index (Phi) is 6.23. The minimum absolute atomic E-state index is 1.58. The van der Waals surface area contributed by atoms with Gasteiger partial charge in [-0.2, -0.15) is 0 Å². The van der Waals surface area contributed by atoms with Crippen LogP contribution in [0.1, 0.15) is 0 Å². The summed E-state index contributed by atoms with van der Waals surface area (Å²) in [5, 5.41) is 0. The fraction of sp³-hybridized carbons (Fsp3) is 0. The first kappa shape index (κ1) is 11.0. The van der Waals surface area contributed by atoms with E-state index < -0.39 is 0 Å². The molecule has 0 N–H and O–H groups in total. The first-order valence-corrected chi connectivity index (χ1v) is 4.65. The number of ether oxygens (including phenoxy) is 1. The van der Waals surface area contributed by atoms with E-state index in [0.29, 0.717) is 0 Å². The fourth-order valence-corrected chi connectivity index (χ4v) is 0.796. The summed E-state index contributed by atoms with van der Waals surface area (Å²) >= 11 is 0. The summed E-state index contributed by atoms with van der Waals surface area (Å²) in [7, 11) is 0. The Balaban J connectivity index is 2.62. The topological polar surface area (TPSA) is 21.6 Å². The van der Waals surface area contributed by atoms with Gasteiger partial charge >= 0.3 is 0 Å². The van der Waals surface area contributed by atoms with E-state index in [0.717, 1.165) is 0 Å². The lowest BCUT2D eigenvalue weighted by molar-refractivity contribution is 0.403. The molecule has 0 spiro atoms. The second-order valence-electron chi connectivity index (χ2n) is 2.59. The van der Waals surface area contributed by atoms with E-state index in [1.54, 1.807) is 37.1 Å². The molecule has 0 fully saturated rings. The SMILES string of the molecule is C1=C\C=C/C=N/C=C\C=C/O/C=C\C=C/1. The van der Waals surface area contributed by atoms with Crippen LogP contribution in [0.2, 0.25) is 0 Å². The van der Waals surface area contributed by atoms with Crippen molar-refractivity contribution in [2.45, 2.75) is 0 Å². The molecule has 0 saturated carbocycles. The van der Waals surface area contributed by atoms with Crippen molar-refractivity contribution in [3.8, 4) is 0 Å². The summed E-state index contributed by atoms with van der Waals surface area (Å²) in [6.45, 7) is 0. The highest BCUT2D eigenvalue weighted by Gasteiger charge is 1.68. The zero-order valence-electron chi connectivity index (χ0n) is 8.36. The number of hydrogen-bond acceptors (Lipinski definition) is 2. The minimum atomic E-state index is 1.58. The summed E-state index contributed by atoms with van der Waals surface area (Å²) in [5.74, 6) is 0. The van der Waals surface area contributed by atoms with Gasteiger partial charge in [0.05, 0.1) is 12.5 Å². The Labute approximate surface area is 90.0 Å². The summed E-state index contributed by atoms with van der Waals surface area (Å²) in [4.78, 5) is 4.01. The van der Waals surface area contributed by atoms with Crippen molar-refractivity contribution in [1.82, 2.24) is 0 Å². The molecule has 76 valence electrons. The maximum absolute atomic E-state index is 5.05. The van der Waals surface area contributed by atoms with Crippen LogP contribution in [-0.4, -0.2) is 6.21 Å². The van der Waals surface area contributed by atoms with Gasteiger partial charge in [-0.25, -0.2) is 0 Å². The molecule has 1 heterocycles. The van der Waals surface area contributed by atoms with Crippen LogP contribution in [0.4, 0.5) is 0 Å². The van der Waals surface area contributed by atoms with Crippen LogP contribution >= 0.6 is 0 Å². The van der Waals surface area contributed by atoms with Crippen LogP contribution in [0.5, 0.6) is 0 Å². The minimum Gasteiger partial charge on any atom is -0.473 e. The van der Waals surface area contributed by atoms with Crippen LogP contribution in [-0.2, 0) is 4.74 Å². The second-order valence-corrected chi connectivity index (χ2v) is 2.59. The van der Waals surface area contributed by atoms with E-state index in [1.165, 1.54) is 0 Å². The van der Waals surface area contributed by atoms with Crippen molar-refractivity contribution in [2.75, 3.05) is 0 Å². The first-order valence-electron chi connectivity index (χ1n) is 4.65. The largest absolute Gasteiger partial charge is 0.473 e. The monoisotopic (exact) mass is 199 g/mol. The third kappa shape index (κ3) is 7.02. The quantitative estimate of drug-likeness (QED) is 0.586. The van der Waals surface area contributed by atoms with Gasteiger partial charge in [0.15, 0.2) is 0 Å². The predicted octanol–water partition coefficient (Wildman–Crippen LogP) is 3.30. The maximum Gasteiger partial charge on any atom is 0.0901 e. The maximum atomic E-state index is 5.05. The first-order chi connectivity index (χ1) is 7.50. The zero-order valence-corrected chi connectivity index (χ0v) is 8.36. The van der Waals surface area contributed by atoms with E-state index >= 15 is 0 Å². The molecule has 0 bridgehead atoms.